The van der Waals surface area contributed by atoms with E-state index in [1.807, 2.05) is 0 Å². The molecule has 0 saturated heterocycles. The Hall–Kier alpha value is -1.43. The summed E-state index contributed by atoms with van der Waals surface area (Å²) < 4.78 is 0. The number of aromatic amines is 1. The molecule has 1 aliphatic rings. The van der Waals surface area contributed by atoms with Crippen LogP contribution in [0, 0.1) is 12.3 Å². The first-order valence-electron chi connectivity index (χ1n) is 5.43. The molecule has 0 bridgehead atoms. The Balaban J connectivity index is 1.84. The lowest BCUT2D eigenvalue weighted by Gasteiger charge is -2.13. The molecular weight excluding hydrogens is 208 g/mol. The molecule has 1 aromatic rings. The number of aliphatic hydroxyl groups is 1. The maximum Gasteiger partial charge on any atom is 0.290 e. The Kier molecular flexibility index (Phi) is 2.91. The van der Waals surface area contributed by atoms with Crippen LogP contribution < -0.4 is 5.32 Å². The number of nitrogens with zero attached hydrogens (tertiary/aromatic N) is 2. The number of rotatable bonds is 5. The fourth-order valence-electron chi connectivity index (χ4n) is 1.72. The third-order valence-corrected chi connectivity index (χ3v) is 3.02. The van der Waals surface area contributed by atoms with Crippen molar-refractivity contribution in [2.75, 3.05) is 13.2 Å². The van der Waals surface area contributed by atoms with Crippen molar-refractivity contribution in [2.45, 2.75) is 26.2 Å². The van der Waals surface area contributed by atoms with Gasteiger partial charge in [0, 0.05) is 13.2 Å². The number of hydrogen-bond acceptors (Lipinski definition) is 4. The minimum absolute atomic E-state index is 0.121. The summed E-state index contributed by atoms with van der Waals surface area (Å²) in [6, 6.07) is 0. The van der Waals surface area contributed by atoms with Gasteiger partial charge in [0.25, 0.3) is 5.91 Å². The molecule has 0 radical (unpaired) electrons. The Bertz CT molecular complexity index is 384. The molecule has 1 amide bonds. The van der Waals surface area contributed by atoms with E-state index in [0.717, 1.165) is 19.3 Å². The van der Waals surface area contributed by atoms with E-state index < -0.39 is 0 Å². The number of carbonyl (C=O) groups excluding carboxylic acids is 1. The lowest BCUT2D eigenvalue weighted by Crippen LogP contribution is -2.31. The monoisotopic (exact) mass is 224 g/mol. The van der Waals surface area contributed by atoms with Gasteiger partial charge in [-0.1, -0.05) is 0 Å². The number of nitrogens with one attached hydrogen (secondary N) is 2. The van der Waals surface area contributed by atoms with Crippen LogP contribution in [0.4, 0.5) is 0 Å². The van der Waals surface area contributed by atoms with Gasteiger partial charge in [-0.3, -0.25) is 9.89 Å². The summed E-state index contributed by atoms with van der Waals surface area (Å²) in [6.07, 6.45) is 2.89. The second-order valence-electron chi connectivity index (χ2n) is 4.40. The number of aryl methyl sites for hydroxylation is 1. The van der Waals surface area contributed by atoms with Gasteiger partial charge in [-0.25, -0.2) is 4.98 Å². The zero-order valence-electron chi connectivity index (χ0n) is 9.29. The van der Waals surface area contributed by atoms with Gasteiger partial charge in [0.2, 0.25) is 5.82 Å². The summed E-state index contributed by atoms with van der Waals surface area (Å²) >= 11 is 0. The van der Waals surface area contributed by atoms with Crippen LogP contribution in [0.5, 0.6) is 0 Å². The van der Waals surface area contributed by atoms with Crippen molar-refractivity contribution in [3.8, 4) is 0 Å². The highest BCUT2D eigenvalue weighted by Crippen LogP contribution is 2.47. The van der Waals surface area contributed by atoms with E-state index in [0.29, 0.717) is 12.4 Å². The molecule has 1 fully saturated rings. The third-order valence-electron chi connectivity index (χ3n) is 3.02. The van der Waals surface area contributed by atoms with E-state index in [1.165, 1.54) is 0 Å². The summed E-state index contributed by atoms with van der Waals surface area (Å²) in [5.74, 6) is 0.549. The van der Waals surface area contributed by atoms with E-state index in [1.54, 1.807) is 6.92 Å². The standard InChI is InChI=1S/C10H16N4O2/c1-7-12-8(14-13-7)9(16)11-6-10(2-3-10)4-5-15/h15H,2-6H2,1H3,(H,11,16)(H,12,13,14). The average Bonchev–Trinajstić information content (AvgIpc) is 2.89. The number of aliphatic hydroxyl groups excluding tert-OH is 1. The maximum atomic E-state index is 11.6. The molecule has 0 aromatic carbocycles. The largest absolute Gasteiger partial charge is 0.396 e. The number of amides is 1. The molecule has 0 unspecified atom stereocenters. The van der Waals surface area contributed by atoms with Crippen molar-refractivity contribution < 1.29 is 9.90 Å². The van der Waals surface area contributed by atoms with Gasteiger partial charge in [-0.15, -0.1) is 5.10 Å². The van der Waals surface area contributed by atoms with Gasteiger partial charge in [-0.05, 0) is 31.6 Å². The molecule has 1 heterocycles. The van der Waals surface area contributed by atoms with Gasteiger partial charge in [0.05, 0.1) is 0 Å². The predicted octanol–water partition coefficient (Wildman–Crippen LogP) is 0.00552. The van der Waals surface area contributed by atoms with Crippen LogP contribution in [0.3, 0.4) is 0 Å². The lowest BCUT2D eigenvalue weighted by atomic mass is 10.0. The molecule has 6 nitrogen and oxygen atoms in total. The second kappa shape index (κ2) is 4.21. The van der Waals surface area contributed by atoms with Crippen molar-refractivity contribution in [3.63, 3.8) is 0 Å². The summed E-state index contributed by atoms with van der Waals surface area (Å²) in [6.45, 7) is 2.52. The van der Waals surface area contributed by atoms with Gasteiger partial charge in [0.1, 0.15) is 5.82 Å². The minimum Gasteiger partial charge on any atom is -0.396 e. The number of H-pyrrole nitrogens is 1. The Morgan fingerprint density at radius 2 is 2.38 bits per heavy atom. The first-order valence-corrected chi connectivity index (χ1v) is 5.43. The van der Waals surface area contributed by atoms with Crippen molar-refractivity contribution in [2.24, 2.45) is 5.41 Å². The van der Waals surface area contributed by atoms with Crippen molar-refractivity contribution >= 4 is 5.91 Å². The molecule has 6 heteroatoms. The highest BCUT2D eigenvalue weighted by Gasteiger charge is 2.42. The molecular formula is C10H16N4O2. The molecule has 0 aliphatic heterocycles. The summed E-state index contributed by atoms with van der Waals surface area (Å²) in [5.41, 5.74) is 0.121. The summed E-state index contributed by atoms with van der Waals surface area (Å²) in [5, 5.41) is 18.1. The van der Waals surface area contributed by atoms with Gasteiger partial charge >= 0.3 is 0 Å². The van der Waals surface area contributed by atoms with Crippen LogP contribution in [0.2, 0.25) is 0 Å². The number of carbonyl (C=O) groups is 1. The van der Waals surface area contributed by atoms with E-state index in [2.05, 4.69) is 20.5 Å². The lowest BCUT2D eigenvalue weighted by molar-refractivity contribution is 0.0930. The molecule has 2 rings (SSSR count). The van der Waals surface area contributed by atoms with Gasteiger partial charge < -0.3 is 10.4 Å². The SMILES string of the molecule is Cc1nc(C(=O)NCC2(CCO)CC2)n[nH]1. The zero-order chi connectivity index (χ0) is 11.6. The van der Waals surface area contributed by atoms with E-state index >= 15 is 0 Å². The van der Waals surface area contributed by atoms with Crippen LogP contribution in [0.25, 0.3) is 0 Å². The maximum absolute atomic E-state index is 11.6. The highest BCUT2D eigenvalue weighted by atomic mass is 16.3. The molecule has 0 spiro atoms. The fourth-order valence-corrected chi connectivity index (χ4v) is 1.72. The van der Waals surface area contributed by atoms with E-state index in [4.69, 9.17) is 5.11 Å². The van der Waals surface area contributed by atoms with Crippen molar-refractivity contribution in [1.82, 2.24) is 20.5 Å². The Labute approximate surface area is 93.5 Å². The van der Waals surface area contributed by atoms with Crippen LogP contribution in [-0.4, -0.2) is 39.3 Å². The number of hydrogen-bond donors (Lipinski definition) is 3. The summed E-state index contributed by atoms with van der Waals surface area (Å²) in [7, 11) is 0. The van der Waals surface area contributed by atoms with Crippen LogP contribution >= 0.6 is 0 Å². The van der Waals surface area contributed by atoms with E-state index in [-0.39, 0.29) is 23.8 Å². The molecule has 1 aliphatic carbocycles. The fraction of sp³-hybridized carbons (Fsp3) is 0.700. The highest BCUT2D eigenvalue weighted by molar-refractivity contribution is 5.90. The minimum atomic E-state index is -0.256. The van der Waals surface area contributed by atoms with Gasteiger partial charge in [-0.2, -0.15) is 0 Å². The van der Waals surface area contributed by atoms with Crippen LogP contribution in [0.15, 0.2) is 0 Å². The molecule has 0 atom stereocenters. The van der Waals surface area contributed by atoms with Gasteiger partial charge in [0.15, 0.2) is 0 Å². The Morgan fingerprint density at radius 1 is 1.62 bits per heavy atom. The predicted molar refractivity (Wildman–Crippen MR) is 56.8 cm³/mol. The van der Waals surface area contributed by atoms with Crippen molar-refractivity contribution in [1.29, 1.82) is 0 Å². The number of aromatic nitrogens is 3. The third kappa shape index (κ3) is 2.38. The Morgan fingerprint density at radius 3 is 2.88 bits per heavy atom. The zero-order valence-corrected chi connectivity index (χ0v) is 9.29. The van der Waals surface area contributed by atoms with Crippen LogP contribution in [0.1, 0.15) is 35.7 Å². The van der Waals surface area contributed by atoms with Crippen molar-refractivity contribution in [3.05, 3.63) is 11.6 Å². The molecule has 3 N–H and O–H groups in total. The first-order chi connectivity index (χ1) is 7.65. The summed E-state index contributed by atoms with van der Waals surface area (Å²) in [4.78, 5) is 15.6. The first kappa shape index (κ1) is 11.1. The van der Waals surface area contributed by atoms with Crippen LogP contribution in [-0.2, 0) is 0 Å². The molecule has 88 valence electrons. The smallest absolute Gasteiger partial charge is 0.290 e. The molecule has 1 aromatic heterocycles. The molecule has 16 heavy (non-hydrogen) atoms. The normalized spacial score (nSPS) is 17.1. The van der Waals surface area contributed by atoms with E-state index in [9.17, 15) is 4.79 Å². The average molecular weight is 224 g/mol. The quantitative estimate of drug-likeness (QED) is 0.657. The molecule has 1 saturated carbocycles. The second-order valence-corrected chi connectivity index (χ2v) is 4.40. The topological polar surface area (TPSA) is 90.9 Å².